The average Bonchev–Trinajstić information content (AvgIpc) is 2.93. The Hall–Kier alpha value is -4.82. The Morgan fingerprint density at radius 2 is 1.53 bits per heavy atom. The summed E-state index contributed by atoms with van der Waals surface area (Å²) in [5.41, 5.74) is 2.76. The van der Waals surface area contributed by atoms with E-state index in [-0.39, 0.29) is 12.3 Å². The third-order valence-corrected chi connectivity index (χ3v) is 5.50. The van der Waals surface area contributed by atoms with Crippen molar-refractivity contribution in [1.82, 2.24) is 5.43 Å². The van der Waals surface area contributed by atoms with Gasteiger partial charge in [0.05, 0.1) is 11.1 Å². The summed E-state index contributed by atoms with van der Waals surface area (Å²) >= 11 is 0. The van der Waals surface area contributed by atoms with Crippen LogP contribution in [0.4, 0.5) is 5.69 Å². The molecule has 0 saturated heterocycles. The van der Waals surface area contributed by atoms with Crippen LogP contribution in [0.5, 0.6) is 5.75 Å². The highest BCUT2D eigenvalue weighted by Crippen LogP contribution is 2.29. The quantitative estimate of drug-likeness (QED) is 0.207. The second-order valence-corrected chi connectivity index (χ2v) is 7.93. The molecule has 4 aromatic carbocycles. The van der Waals surface area contributed by atoms with E-state index in [0.717, 1.165) is 0 Å². The van der Waals surface area contributed by atoms with Gasteiger partial charge in [0.2, 0.25) is 0 Å². The molecule has 1 amide bonds. The van der Waals surface area contributed by atoms with Crippen LogP contribution in [0.3, 0.4) is 0 Å². The second kappa shape index (κ2) is 11.1. The fraction of sp³-hybridized carbons (Fsp3) is 0.0714. The van der Waals surface area contributed by atoms with Crippen molar-refractivity contribution in [2.24, 2.45) is 5.10 Å². The molecule has 0 atom stereocenters. The average molecular weight is 482 g/mol. The van der Waals surface area contributed by atoms with E-state index in [1.807, 2.05) is 12.1 Å². The van der Waals surface area contributed by atoms with Gasteiger partial charge < -0.3 is 9.84 Å². The molecule has 4 aromatic rings. The topological polar surface area (TPSA) is 114 Å². The number of benzene rings is 4. The number of nitro benzene ring substituents is 1. The van der Waals surface area contributed by atoms with Gasteiger partial charge in [-0.1, -0.05) is 72.8 Å². The first kappa shape index (κ1) is 24.3. The van der Waals surface area contributed by atoms with Crippen LogP contribution < -0.4 is 10.2 Å². The number of non-ortho nitro benzene ring substituents is 1. The minimum absolute atomic E-state index is 0.0103. The van der Waals surface area contributed by atoms with Gasteiger partial charge >= 0.3 is 0 Å². The Morgan fingerprint density at radius 1 is 0.917 bits per heavy atom. The summed E-state index contributed by atoms with van der Waals surface area (Å²) in [4.78, 5) is 23.5. The molecule has 2 N–H and O–H groups in total. The summed E-state index contributed by atoms with van der Waals surface area (Å²) in [6.07, 6.45) is 1.46. The number of nitrogens with one attached hydrogen (secondary N) is 1. The monoisotopic (exact) mass is 481 g/mol. The molecule has 0 aliphatic heterocycles. The number of carbonyl (C=O) groups is 1. The van der Waals surface area contributed by atoms with Gasteiger partial charge in [0.15, 0.2) is 5.60 Å². The van der Waals surface area contributed by atoms with Crippen LogP contribution in [0, 0.1) is 10.1 Å². The Morgan fingerprint density at radius 3 is 2.11 bits per heavy atom. The zero-order chi connectivity index (χ0) is 25.4. The molecule has 0 heterocycles. The summed E-state index contributed by atoms with van der Waals surface area (Å²) in [6.45, 7) is 0.183. The van der Waals surface area contributed by atoms with E-state index in [1.54, 1.807) is 84.9 Å². The van der Waals surface area contributed by atoms with Gasteiger partial charge in [-0.05, 0) is 46.5 Å². The maximum absolute atomic E-state index is 13.1. The number of aliphatic hydroxyl groups is 1. The van der Waals surface area contributed by atoms with Crippen molar-refractivity contribution in [3.63, 3.8) is 0 Å². The van der Waals surface area contributed by atoms with Crippen LogP contribution in [0.25, 0.3) is 0 Å². The lowest BCUT2D eigenvalue weighted by Gasteiger charge is -2.27. The molecule has 0 aliphatic rings. The van der Waals surface area contributed by atoms with Crippen molar-refractivity contribution < 1.29 is 19.6 Å². The molecule has 0 bridgehead atoms. The molecule has 8 heteroatoms. The number of nitro groups is 1. The standard InChI is InChI=1S/C28H23N3O5/c32-27(28(33,23-9-3-1-4-10-23)24-11-5-2-6-12-24)30-29-19-21-14-16-26(17-15-21)36-20-22-8-7-13-25(18-22)31(34)35/h1-19,33H,20H2,(H,30,32)/b29-19+. The number of ether oxygens (including phenoxy) is 1. The minimum Gasteiger partial charge on any atom is -0.489 e. The van der Waals surface area contributed by atoms with Crippen LogP contribution in [-0.4, -0.2) is 22.2 Å². The maximum atomic E-state index is 13.1. The normalized spacial score (nSPS) is 11.2. The van der Waals surface area contributed by atoms with E-state index in [0.29, 0.717) is 28.0 Å². The molecular weight excluding hydrogens is 458 g/mol. The fourth-order valence-corrected chi connectivity index (χ4v) is 3.61. The van der Waals surface area contributed by atoms with Crippen LogP contribution in [-0.2, 0) is 17.0 Å². The summed E-state index contributed by atoms with van der Waals surface area (Å²) in [7, 11) is 0. The van der Waals surface area contributed by atoms with Gasteiger partial charge in [-0.3, -0.25) is 14.9 Å². The molecular formula is C28H23N3O5. The van der Waals surface area contributed by atoms with Crippen molar-refractivity contribution in [2.45, 2.75) is 12.2 Å². The molecule has 8 nitrogen and oxygen atoms in total. The lowest BCUT2D eigenvalue weighted by atomic mass is 9.85. The van der Waals surface area contributed by atoms with Gasteiger partial charge in [0.25, 0.3) is 11.6 Å². The first-order valence-corrected chi connectivity index (χ1v) is 11.1. The molecule has 0 radical (unpaired) electrons. The molecule has 0 fully saturated rings. The van der Waals surface area contributed by atoms with Gasteiger partial charge in [-0.2, -0.15) is 5.10 Å². The lowest BCUT2D eigenvalue weighted by Crippen LogP contribution is -2.43. The molecule has 4 rings (SSSR count). The Bertz CT molecular complexity index is 1320. The summed E-state index contributed by atoms with van der Waals surface area (Å²) in [5, 5.41) is 26.3. The molecule has 0 aliphatic carbocycles. The Balaban J connectivity index is 1.40. The van der Waals surface area contributed by atoms with E-state index in [2.05, 4.69) is 10.5 Å². The lowest BCUT2D eigenvalue weighted by molar-refractivity contribution is -0.384. The van der Waals surface area contributed by atoms with Crippen molar-refractivity contribution in [2.75, 3.05) is 0 Å². The highest BCUT2D eigenvalue weighted by atomic mass is 16.6. The van der Waals surface area contributed by atoms with Crippen LogP contribution in [0.2, 0.25) is 0 Å². The number of nitrogens with zero attached hydrogens (tertiary/aromatic N) is 2. The smallest absolute Gasteiger partial charge is 0.281 e. The van der Waals surface area contributed by atoms with Crippen molar-refractivity contribution in [3.05, 3.63) is 142 Å². The first-order valence-electron chi connectivity index (χ1n) is 11.1. The van der Waals surface area contributed by atoms with E-state index >= 15 is 0 Å². The zero-order valence-corrected chi connectivity index (χ0v) is 19.2. The SMILES string of the molecule is O=C(N/N=C/c1ccc(OCc2cccc([N+](=O)[O-])c2)cc1)C(O)(c1ccccc1)c1ccccc1. The highest BCUT2D eigenvalue weighted by molar-refractivity contribution is 5.91. The number of hydrazone groups is 1. The van der Waals surface area contributed by atoms with Gasteiger partial charge in [0.1, 0.15) is 12.4 Å². The zero-order valence-electron chi connectivity index (χ0n) is 19.2. The van der Waals surface area contributed by atoms with Crippen LogP contribution >= 0.6 is 0 Å². The summed E-state index contributed by atoms with van der Waals surface area (Å²) < 4.78 is 5.70. The van der Waals surface area contributed by atoms with Gasteiger partial charge in [-0.15, -0.1) is 0 Å². The molecule has 0 spiro atoms. The van der Waals surface area contributed by atoms with Crippen LogP contribution in [0.1, 0.15) is 22.3 Å². The summed E-state index contributed by atoms with van der Waals surface area (Å²) in [6, 6.07) is 30.6. The largest absolute Gasteiger partial charge is 0.489 e. The van der Waals surface area contributed by atoms with E-state index in [9.17, 15) is 20.0 Å². The predicted molar refractivity (Wildman–Crippen MR) is 135 cm³/mol. The third kappa shape index (κ3) is 5.63. The number of hydrogen-bond donors (Lipinski definition) is 2. The number of carbonyl (C=O) groups excluding carboxylic acids is 1. The number of hydrogen-bond acceptors (Lipinski definition) is 6. The van der Waals surface area contributed by atoms with E-state index in [4.69, 9.17) is 4.74 Å². The van der Waals surface area contributed by atoms with Crippen molar-refractivity contribution in [3.8, 4) is 5.75 Å². The Labute approximate surface area is 207 Å². The predicted octanol–water partition coefficient (Wildman–Crippen LogP) is 4.56. The molecule has 0 saturated carbocycles. The molecule has 0 aromatic heterocycles. The summed E-state index contributed by atoms with van der Waals surface area (Å²) in [5.74, 6) is -0.113. The third-order valence-electron chi connectivity index (χ3n) is 5.50. The van der Waals surface area contributed by atoms with Crippen LogP contribution in [0.15, 0.2) is 114 Å². The molecule has 36 heavy (non-hydrogen) atoms. The molecule has 0 unspecified atom stereocenters. The Kier molecular flexibility index (Phi) is 7.48. The van der Waals surface area contributed by atoms with Crippen molar-refractivity contribution >= 4 is 17.8 Å². The first-order chi connectivity index (χ1) is 17.5. The van der Waals surface area contributed by atoms with E-state index in [1.165, 1.54) is 18.3 Å². The molecule has 180 valence electrons. The fourth-order valence-electron chi connectivity index (χ4n) is 3.61. The van der Waals surface area contributed by atoms with Crippen molar-refractivity contribution in [1.29, 1.82) is 0 Å². The van der Waals surface area contributed by atoms with E-state index < -0.39 is 16.4 Å². The highest BCUT2D eigenvalue weighted by Gasteiger charge is 2.39. The van der Waals surface area contributed by atoms with Gasteiger partial charge in [-0.25, -0.2) is 5.43 Å². The number of amides is 1. The minimum atomic E-state index is -1.91. The second-order valence-electron chi connectivity index (χ2n) is 7.93. The number of rotatable bonds is 9. The van der Waals surface area contributed by atoms with Gasteiger partial charge in [0, 0.05) is 12.1 Å². The maximum Gasteiger partial charge on any atom is 0.281 e.